The number of ether oxygens (including phenoxy) is 1. The van der Waals surface area contributed by atoms with Crippen LogP contribution in [0.2, 0.25) is 0 Å². The van der Waals surface area contributed by atoms with Crippen molar-refractivity contribution in [1.29, 1.82) is 0 Å². The van der Waals surface area contributed by atoms with Crippen LogP contribution in [0.15, 0.2) is 0 Å². The summed E-state index contributed by atoms with van der Waals surface area (Å²) in [5.41, 5.74) is 0. The van der Waals surface area contributed by atoms with Crippen LogP contribution in [0.5, 0.6) is 0 Å². The molecule has 1 rings (SSSR count). The molecule has 2 nitrogen and oxygen atoms in total. The Hall–Kier alpha value is -0.970. The topological polar surface area (TPSA) is 26.3 Å². The van der Waals surface area contributed by atoms with Crippen molar-refractivity contribution in [3.8, 4) is 12.3 Å². The molecule has 1 atom stereocenters. The molecule has 2 heteroatoms. The summed E-state index contributed by atoms with van der Waals surface area (Å²) in [6.45, 7) is 0.494. The maximum absolute atomic E-state index is 10.5. The molecule has 0 amide bonds. The number of carbonyl (C=O) groups is 1. The van der Waals surface area contributed by atoms with Gasteiger partial charge in [-0.2, -0.15) is 0 Å². The maximum Gasteiger partial charge on any atom is 0.307 e. The molecule has 0 spiro atoms. The average Bonchev–Trinajstić information content (AvgIpc) is 1.88. The summed E-state index contributed by atoms with van der Waals surface area (Å²) in [6.07, 6.45) is 6.33. The summed E-state index contributed by atoms with van der Waals surface area (Å²) < 4.78 is 4.68. The van der Waals surface area contributed by atoms with Crippen LogP contribution in [0, 0.1) is 18.3 Å². The molecule has 0 radical (unpaired) electrons. The maximum atomic E-state index is 10.5. The van der Waals surface area contributed by atoms with E-state index in [-0.39, 0.29) is 11.9 Å². The van der Waals surface area contributed by atoms with Crippen molar-refractivity contribution in [2.45, 2.75) is 12.8 Å². The highest BCUT2D eigenvalue weighted by atomic mass is 16.5. The second-order valence-corrected chi connectivity index (χ2v) is 2.08. The summed E-state index contributed by atoms with van der Waals surface area (Å²) in [6, 6.07) is 0. The quantitative estimate of drug-likeness (QED) is 0.348. The molecule has 1 heterocycles. The molecule has 0 saturated carbocycles. The normalized spacial score (nSPS) is 26.6. The average molecular weight is 124 g/mol. The number of cyclic esters (lactones) is 1. The van der Waals surface area contributed by atoms with Crippen molar-refractivity contribution in [2.75, 3.05) is 6.61 Å². The molecule has 0 aromatic heterocycles. The van der Waals surface area contributed by atoms with E-state index in [2.05, 4.69) is 10.7 Å². The fraction of sp³-hybridized carbons (Fsp3) is 0.571. The van der Waals surface area contributed by atoms with Gasteiger partial charge in [0.2, 0.25) is 0 Å². The Morgan fingerprint density at radius 1 is 1.78 bits per heavy atom. The first-order valence-corrected chi connectivity index (χ1v) is 2.94. The summed E-state index contributed by atoms with van der Waals surface area (Å²) in [4.78, 5) is 10.5. The Morgan fingerprint density at radius 3 is 3.00 bits per heavy atom. The predicted octanol–water partition coefficient (Wildman–Crippen LogP) is 0.573. The van der Waals surface area contributed by atoms with Crippen LogP contribution in [0.4, 0.5) is 0 Å². The van der Waals surface area contributed by atoms with E-state index < -0.39 is 0 Å². The van der Waals surface area contributed by atoms with Crippen molar-refractivity contribution < 1.29 is 9.53 Å². The lowest BCUT2D eigenvalue weighted by molar-refractivity contribution is -0.148. The molecule has 1 unspecified atom stereocenters. The van der Waals surface area contributed by atoms with E-state index in [1.54, 1.807) is 0 Å². The van der Waals surface area contributed by atoms with Gasteiger partial charge in [0, 0.05) is 5.92 Å². The Morgan fingerprint density at radius 2 is 2.56 bits per heavy atom. The third kappa shape index (κ3) is 1.46. The summed E-state index contributed by atoms with van der Waals surface area (Å²) in [5.74, 6) is 2.49. The minimum absolute atomic E-state index is 0.117. The van der Waals surface area contributed by atoms with Gasteiger partial charge in [-0.15, -0.1) is 12.3 Å². The summed E-state index contributed by atoms with van der Waals surface area (Å²) >= 11 is 0. The molecule has 1 aliphatic rings. The van der Waals surface area contributed by atoms with Crippen molar-refractivity contribution in [1.82, 2.24) is 0 Å². The lowest BCUT2D eigenvalue weighted by Crippen LogP contribution is -2.19. The first-order chi connectivity index (χ1) is 4.33. The molecule has 0 aromatic rings. The molecule has 1 saturated heterocycles. The van der Waals surface area contributed by atoms with Crippen LogP contribution < -0.4 is 0 Å². The van der Waals surface area contributed by atoms with Crippen LogP contribution in [0.3, 0.4) is 0 Å². The monoisotopic (exact) mass is 124 g/mol. The lowest BCUT2D eigenvalue weighted by Gasteiger charge is -2.15. The van der Waals surface area contributed by atoms with Crippen molar-refractivity contribution in [3.63, 3.8) is 0 Å². The molecule has 0 N–H and O–H groups in total. The van der Waals surface area contributed by atoms with E-state index in [0.29, 0.717) is 13.0 Å². The molecule has 48 valence electrons. The molecule has 0 bridgehead atoms. The van der Waals surface area contributed by atoms with Crippen LogP contribution >= 0.6 is 0 Å². The third-order valence-corrected chi connectivity index (χ3v) is 1.38. The minimum Gasteiger partial charge on any atom is -0.466 e. The number of hydrogen-bond acceptors (Lipinski definition) is 2. The highest BCUT2D eigenvalue weighted by Gasteiger charge is 2.17. The van der Waals surface area contributed by atoms with E-state index in [9.17, 15) is 4.79 Å². The first-order valence-electron chi connectivity index (χ1n) is 2.94. The standard InChI is InChI=1S/C7H8O2/c1-2-6-3-4-9-7(8)5-6/h1,6H,3-5H2. The minimum atomic E-state index is -0.163. The van der Waals surface area contributed by atoms with Crippen LogP contribution in [0.1, 0.15) is 12.8 Å². The zero-order valence-electron chi connectivity index (χ0n) is 5.09. The fourth-order valence-electron chi connectivity index (χ4n) is 0.819. The highest BCUT2D eigenvalue weighted by molar-refractivity contribution is 5.70. The molecule has 1 fully saturated rings. The second kappa shape index (κ2) is 2.54. The van der Waals surface area contributed by atoms with Gasteiger partial charge in [0.15, 0.2) is 0 Å². The Bertz CT molecular complexity index is 155. The van der Waals surface area contributed by atoms with Gasteiger partial charge in [-0.1, -0.05) is 0 Å². The molecule has 0 aromatic carbocycles. The highest BCUT2D eigenvalue weighted by Crippen LogP contribution is 2.13. The van der Waals surface area contributed by atoms with E-state index in [1.165, 1.54) is 0 Å². The zero-order chi connectivity index (χ0) is 6.69. The Kier molecular flexibility index (Phi) is 1.74. The second-order valence-electron chi connectivity index (χ2n) is 2.08. The van der Waals surface area contributed by atoms with Crippen LogP contribution in [0.25, 0.3) is 0 Å². The predicted molar refractivity (Wildman–Crippen MR) is 32.5 cm³/mol. The van der Waals surface area contributed by atoms with Crippen LogP contribution in [-0.4, -0.2) is 12.6 Å². The SMILES string of the molecule is C#CC1CCOC(=O)C1. The number of terminal acetylenes is 1. The number of rotatable bonds is 0. The number of esters is 1. The molecule has 1 aliphatic heterocycles. The van der Waals surface area contributed by atoms with Gasteiger partial charge in [0.05, 0.1) is 13.0 Å². The molecular formula is C7H8O2. The smallest absolute Gasteiger partial charge is 0.307 e. The van der Waals surface area contributed by atoms with E-state index >= 15 is 0 Å². The largest absolute Gasteiger partial charge is 0.466 e. The van der Waals surface area contributed by atoms with Gasteiger partial charge in [-0.05, 0) is 6.42 Å². The van der Waals surface area contributed by atoms with E-state index in [1.807, 2.05) is 0 Å². The van der Waals surface area contributed by atoms with Gasteiger partial charge in [0.25, 0.3) is 0 Å². The van der Waals surface area contributed by atoms with Crippen LogP contribution in [-0.2, 0) is 9.53 Å². The number of carbonyl (C=O) groups excluding carboxylic acids is 1. The Labute approximate surface area is 54.2 Å². The van der Waals surface area contributed by atoms with E-state index in [4.69, 9.17) is 6.42 Å². The van der Waals surface area contributed by atoms with Crippen molar-refractivity contribution in [3.05, 3.63) is 0 Å². The van der Waals surface area contributed by atoms with Crippen molar-refractivity contribution >= 4 is 5.97 Å². The van der Waals surface area contributed by atoms with Gasteiger partial charge in [-0.25, -0.2) is 0 Å². The zero-order valence-corrected chi connectivity index (χ0v) is 5.09. The Balaban J connectivity index is 2.43. The molecule has 9 heavy (non-hydrogen) atoms. The lowest BCUT2D eigenvalue weighted by atomic mass is 10.0. The third-order valence-electron chi connectivity index (χ3n) is 1.38. The van der Waals surface area contributed by atoms with Gasteiger partial charge < -0.3 is 4.74 Å². The summed E-state index contributed by atoms with van der Waals surface area (Å²) in [7, 11) is 0. The summed E-state index contributed by atoms with van der Waals surface area (Å²) in [5, 5.41) is 0. The molecular weight excluding hydrogens is 116 g/mol. The molecule has 0 aliphatic carbocycles. The van der Waals surface area contributed by atoms with Crippen molar-refractivity contribution in [2.24, 2.45) is 5.92 Å². The number of hydrogen-bond donors (Lipinski definition) is 0. The van der Waals surface area contributed by atoms with Gasteiger partial charge >= 0.3 is 5.97 Å². The van der Waals surface area contributed by atoms with Gasteiger partial charge in [-0.3, -0.25) is 4.79 Å². The first kappa shape index (κ1) is 6.15. The van der Waals surface area contributed by atoms with Gasteiger partial charge in [0.1, 0.15) is 0 Å². The van der Waals surface area contributed by atoms with E-state index in [0.717, 1.165) is 6.42 Å². The fourth-order valence-corrected chi connectivity index (χ4v) is 0.819.